The van der Waals surface area contributed by atoms with Gasteiger partial charge in [0.15, 0.2) is 16.7 Å². The second kappa shape index (κ2) is 10.1. The van der Waals surface area contributed by atoms with Crippen molar-refractivity contribution >= 4 is 52.2 Å². The number of aromatic nitrogens is 4. The van der Waals surface area contributed by atoms with Crippen LogP contribution >= 0.6 is 35.1 Å². The lowest BCUT2D eigenvalue weighted by atomic mass is 9.99. The van der Waals surface area contributed by atoms with Crippen molar-refractivity contribution in [2.45, 2.75) is 23.3 Å². The van der Waals surface area contributed by atoms with Crippen LogP contribution < -0.4 is 5.73 Å². The van der Waals surface area contributed by atoms with Crippen LogP contribution in [0.2, 0.25) is 0 Å². The van der Waals surface area contributed by atoms with Crippen molar-refractivity contribution in [2.24, 2.45) is 0 Å². The first kappa shape index (κ1) is 25.1. The number of halogens is 2. The molecule has 0 aromatic carbocycles. The minimum absolute atomic E-state index is 0.0501. The molecule has 2 aromatic rings. The van der Waals surface area contributed by atoms with Crippen LogP contribution in [-0.4, -0.2) is 74.5 Å². The van der Waals surface area contributed by atoms with Crippen molar-refractivity contribution in [1.29, 1.82) is 0 Å². The average molecular weight is 584 g/mol. The summed E-state index contributed by atoms with van der Waals surface area (Å²) < 4.78 is 81.0. The third-order valence-electron chi connectivity index (χ3n) is 3.99. The Kier molecular flexibility index (Phi) is 7.23. The summed E-state index contributed by atoms with van der Waals surface area (Å²) in [5, 5.41) is 10.8. The summed E-state index contributed by atoms with van der Waals surface area (Å²) in [6, 6.07) is 0. The summed E-state index contributed by atoms with van der Waals surface area (Å²) in [6.07, 6.45) is -4.07. The number of phosphoric acid groups is 3. The van der Waals surface area contributed by atoms with Gasteiger partial charge < -0.3 is 35.2 Å². The lowest BCUT2D eigenvalue weighted by molar-refractivity contribution is -0.0428. The molecule has 0 saturated carbocycles. The van der Waals surface area contributed by atoms with Gasteiger partial charge in [-0.15, -0.1) is 0 Å². The number of anilines is 1. The first-order valence-corrected chi connectivity index (χ1v) is 13.6. The van der Waals surface area contributed by atoms with Crippen LogP contribution in [0.3, 0.4) is 0 Å². The van der Waals surface area contributed by atoms with E-state index in [9.17, 15) is 33.0 Å². The number of aliphatic hydroxyl groups is 1. The van der Waals surface area contributed by atoms with Crippen LogP contribution in [0.4, 0.5) is 10.3 Å². The highest BCUT2D eigenvalue weighted by molar-refractivity contribution is 7.66. The predicted molar refractivity (Wildman–Crippen MR) is 112 cm³/mol. The number of ether oxygens (including phenoxy) is 1. The molecule has 3 heterocycles. The van der Waals surface area contributed by atoms with Crippen molar-refractivity contribution in [2.75, 3.05) is 19.0 Å². The molecule has 17 nitrogen and oxygen atoms in total. The highest BCUT2D eigenvalue weighted by Crippen LogP contribution is 2.66. The van der Waals surface area contributed by atoms with Gasteiger partial charge in [-0.05, 0) is 0 Å². The standard InChI is InChI=1S/C13H16ClFN5O12P3/c14-13(2-1-3-15)9(21)8(5-29-34(25,26)32-35(27,28)31-33(22,23)24)30-11(13)20-6-18-7-4-17-12(16)19-10(7)20/h4,6,8-9,11,21H,3,5H2,(H,25,26)(H,27,28)(H2,16,17,19)(H2,22,23,24)/t8-,9+,11-,13?/m1/s1/i5D2. The number of nitrogens with zero attached hydrogens (tertiary/aromatic N) is 4. The van der Waals surface area contributed by atoms with Gasteiger partial charge in [0, 0.05) is 0 Å². The largest absolute Gasteiger partial charge is 0.490 e. The van der Waals surface area contributed by atoms with Crippen molar-refractivity contribution in [3.63, 3.8) is 0 Å². The average Bonchev–Trinajstić information content (AvgIpc) is 3.21. The minimum Gasteiger partial charge on any atom is -0.387 e. The third kappa shape index (κ3) is 6.62. The number of fused-ring (bicyclic) bond motifs is 1. The van der Waals surface area contributed by atoms with E-state index in [-0.39, 0.29) is 17.1 Å². The Morgan fingerprint density at radius 3 is 2.60 bits per heavy atom. The normalized spacial score (nSPS) is 29.5. The number of nitrogens with two attached hydrogens (primary N) is 1. The Hall–Kier alpha value is -1.54. The minimum atomic E-state index is -6.03. The van der Waals surface area contributed by atoms with E-state index in [4.69, 9.17) is 34.6 Å². The van der Waals surface area contributed by atoms with Gasteiger partial charge in [0.1, 0.15) is 24.4 Å². The zero-order valence-corrected chi connectivity index (χ0v) is 20.1. The van der Waals surface area contributed by atoms with Gasteiger partial charge in [-0.1, -0.05) is 23.4 Å². The molecule has 7 N–H and O–H groups in total. The third-order valence-corrected chi connectivity index (χ3v) is 8.15. The molecule has 194 valence electrons. The fourth-order valence-electron chi connectivity index (χ4n) is 2.77. The molecule has 3 rings (SSSR count). The number of alkyl halides is 2. The molecule has 0 bridgehead atoms. The van der Waals surface area contributed by atoms with E-state index >= 15 is 0 Å². The summed E-state index contributed by atoms with van der Waals surface area (Å²) in [5.74, 6) is 3.89. The molecule has 1 fully saturated rings. The molecule has 0 amide bonds. The molecule has 0 spiro atoms. The fourth-order valence-corrected chi connectivity index (χ4v) is 5.98. The van der Waals surface area contributed by atoms with E-state index in [2.05, 4.69) is 34.0 Å². The van der Waals surface area contributed by atoms with Gasteiger partial charge >= 0.3 is 23.5 Å². The van der Waals surface area contributed by atoms with Gasteiger partial charge in [0.25, 0.3) is 0 Å². The van der Waals surface area contributed by atoms with Crippen molar-refractivity contribution in [3.8, 4) is 11.8 Å². The molecule has 1 aliphatic heterocycles. The Morgan fingerprint density at radius 1 is 1.29 bits per heavy atom. The topological polar surface area (TPSA) is 259 Å². The first-order chi connectivity index (χ1) is 16.8. The second-order valence-corrected chi connectivity index (χ2v) is 11.4. The van der Waals surface area contributed by atoms with Gasteiger partial charge in [0.2, 0.25) is 5.95 Å². The summed E-state index contributed by atoms with van der Waals surface area (Å²) >= 11 is 6.43. The number of phosphoric ester groups is 1. The lowest BCUT2D eigenvalue weighted by Crippen LogP contribution is -2.41. The molecule has 35 heavy (non-hydrogen) atoms. The summed E-state index contributed by atoms with van der Waals surface area (Å²) in [6.45, 7) is -4.87. The van der Waals surface area contributed by atoms with E-state index < -0.39 is 60.0 Å². The summed E-state index contributed by atoms with van der Waals surface area (Å²) in [5.41, 5.74) is 5.64. The van der Waals surface area contributed by atoms with E-state index in [0.717, 1.165) is 10.9 Å². The Balaban J connectivity index is 1.97. The molecule has 6 atom stereocenters. The van der Waals surface area contributed by atoms with Crippen LogP contribution in [0.25, 0.3) is 11.2 Å². The van der Waals surface area contributed by atoms with Crippen molar-refractivity contribution in [1.82, 2.24) is 19.5 Å². The van der Waals surface area contributed by atoms with Gasteiger partial charge in [-0.2, -0.15) is 13.6 Å². The van der Waals surface area contributed by atoms with Gasteiger partial charge in [-0.25, -0.2) is 28.1 Å². The molecule has 22 heteroatoms. The SMILES string of the molecule is [2H]C([2H])(OP(=O)(O)OP(=O)(O)OP(=O)(O)O)[C@H]1O[C@@H](n2cnc3cnc(N)nc32)C(Cl)(C#CCF)[C@H]1O. The van der Waals surface area contributed by atoms with Gasteiger partial charge in [-0.3, -0.25) is 9.09 Å². The van der Waals surface area contributed by atoms with Crippen LogP contribution in [0.1, 0.15) is 8.97 Å². The highest BCUT2D eigenvalue weighted by Gasteiger charge is 2.57. The van der Waals surface area contributed by atoms with E-state index in [1.54, 1.807) is 0 Å². The number of aliphatic hydroxyl groups excluding tert-OH is 1. The van der Waals surface area contributed by atoms with E-state index in [1.165, 1.54) is 6.20 Å². The number of hydrogen-bond acceptors (Lipinski definition) is 12. The molecule has 0 aliphatic carbocycles. The second-order valence-electron chi connectivity index (χ2n) is 6.45. The number of imidazole rings is 1. The quantitative estimate of drug-likeness (QED) is 0.135. The zero-order chi connectivity index (χ0) is 28.0. The Morgan fingerprint density at radius 2 is 1.97 bits per heavy atom. The number of hydrogen-bond donors (Lipinski definition) is 6. The summed E-state index contributed by atoms with van der Waals surface area (Å²) in [7, 11) is -17.7. The van der Waals surface area contributed by atoms with Gasteiger partial charge in [0.05, 0.1) is 21.8 Å². The maximum absolute atomic E-state index is 12.8. The molecule has 3 unspecified atom stereocenters. The maximum Gasteiger partial charge on any atom is 0.490 e. The molecular weight excluding hydrogens is 566 g/mol. The Labute approximate surface area is 202 Å². The van der Waals surface area contributed by atoms with Crippen LogP contribution in [-0.2, 0) is 31.6 Å². The lowest BCUT2D eigenvalue weighted by Gasteiger charge is -2.25. The number of nitrogen functional groups attached to an aromatic ring is 1. The Bertz CT molecular complexity index is 1400. The van der Waals surface area contributed by atoms with Crippen molar-refractivity contribution in [3.05, 3.63) is 12.5 Å². The molecule has 0 radical (unpaired) electrons. The zero-order valence-electron chi connectivity index (χ0n) is 18.7. The van der Waals surface area contributed by atoms with E-state index in [0.29, 0.717) is 0 Å². The first-order valence-electron chi connectivity index (χ1n) is 9.68. The smallest absolute Gasteiger partial charge is 0.387 e. The predicted octanol–water partition coefficient (Wildman–Crippen LogP) is -0.0394. The fraction of sp³-hybridized carbons (Fsp3) is 0.462. The molecule has 1 saturated heterocycles. The molecule has 1 aliphatic rings. The summed E-state index contributed by atoms with van der Waals surface area (Å²) in [4.78, 5) is 45.4. The monoisotopic (exact) mass is 583 g/mol. The molecule has 2 aromatic heterocycles. The van der Waals surface area contributed by atoms with Crippen molar-refractivity contribution < 1.29 is 63.4 Å². The highest BCUT2D eigenvalue weighted by atomic mass is 35.5. The molecular formula is C13H16ClFN5O12P3. The van der Waals surface area contributed by atoms with Crippen LogP contribution in [0.5, 0.6) is 0 Å². The van der Waals surface area contributed by atoms with E-state index in [1.807, 2.05) is 5.92 Å². The van der Waals surface area contributed by atoms with Crippen LogP contribution in [0, 0.1) is 11.8 Å². The van der Waals surface area contributed by atoms with Crippen LogP contribution in [0.15, 0.2) is 12.5 Å². The maximum atomic E-state index is 12.8. The number of rotatable bonds is 8.